The van der Waals surface area contributed by atoms with Crippen LogP contribution in [-0.2, 0) is 4.79 Å². The van der Waals surface area contributed by atoms with Gasteiger partial charge >= 0.3 is 0 Å². The topological polar surface area (TPSA) is 23.6 Å². The van der Waals surface area contributed by atoms with Gasteiger partial charge in [-0.05, 0) is 24.2 Å². The number of carbonyl (C=O) groups excluding carboxylic acids is 1. The van der Waals surface area contributed by atoms with Crippen LogP contribution >= 0.6 is 0 Å². The van der Waals surface area contributed by atoms with Crippen LogP contribution in [0.3, 0.4) is 0 Å². The van der Waals surface area contributed by atoms with Gasteiger partial charge in [-0.15, -0.1) is 0 Å². The molecule has 3 nitrogen and oxygen atoms in total. The van der Waals surface area contributed by atoms with E-state index in [9.17, 15) is 4.79 Å². The highest BCUT2D eigenvalue weighted by Crippen LogP contribution is 2.36. The summed E-state index contributed by atoms with van der Waals surface area (Å²) < 4.78 is 0. The molecule has 1 heterocycles. The van der Waals surface area contributed by atoms with Crippen LogP contribution in [0.2, 0.25) is 6.32 Å². The van der Waals surface area contributed by atoms with Gasteiger partial charge in [0.05, 0.1) is 14.4 Å². The molecule has 0 aromatic heterocycles. The predicted molar refractivity (Wildman–Crippen MR) is 97.6 cm³/mol. The zero-order valence-electron chi connectivity index (χ0n) is 16.0. The minimum Gasteiger partial charge on any atom is -0.300 e. The van der Waals surface area contributed by atoms with Crippen molar-refractivity contribution in [1.82, 2.24) is 9.80 Å². The van der Waals surface area contributed by atoms with Gasteiger partial charge in [0.1, 0.15) is 5.78 Å². The van der Waals surface area contributed by atoms with Gasteiger partial charge in [-0.1, -0.05) is 47.9 Å². The maximum absolute atomic E-state index is 11.1. The van der Waals surface area contributed by atoms with Crippen LogP contribution in [0.5, 0.6) is 0 Å². The molecule has 22 heavy (non-hydrogen) atoms. The van der Waals surface area contributed by atoms with Crippen LogP contribution in [0, 0.1) is 10.8 Å². The molecule has 0 aliphatic carbocycles. The molecule has 1 aliphatic heterocycles. The van der Waals surface area contributed by atoms with Crippen molar-refractivity contribution in [2.45, 2.75) is 61.2 Å². The second kappa shape index (κ2) is 9.72. The number of Topliss-reactive ketones (excluding diaryl/α,β-unsaturated/α-hetero) is 1. The van der Waals surface area contributed by atoms with Crippen molar-refractivity contribution in [3.63, 3.8) is 0 Å². The van der Waals surface area contributed by atoms with E-state index in [-0.39, 0.29) is 16.6 Å². The summed E-state index contributed by atoms with van der Waals surface area (Å²) in [7, 11) is 5.86. The maximum atomic E-state index is 11.1. The molecule has 0 aromatic rings. The second-order valence-corrected chi connectivity index (χ2v) is 7.96. The molecular formula is C18H37BN2O. The van der Waals surface area contributed by atoms with Crippen molar-refractivity contribution < 1.29 is 4.79 Å². The summed E-state index contributed by atoms with van der Waals surface area (Å²) in [6.07, 6.45) is 1.88. The molecule has 0 unspecified atom stereocenters. The van der Waals surface area contributed by atoms with Crippen molar-refractivity contribution >= 4 is 13.6 Å². The van der Waals surface area contributed by atoms with Crippen molar-refractivity contribution in [3.05, 3.63) is 0 Å². The van der Waals surface area contributed by atoms with E-state index in [2.05, 4.69) is 37.5 Å². The molecule has 1 saturated heterocycles. The smallest absolute Gasteiger partial charge is 0.143 e. The molecule has 0 bridgehead atoms. The van der Waals surface area contributed by atoms with Crippen LogP contribution < -0.4 is 0 Å². The number of hydrogen-bond donors (Lipinski definition) is 0. The number of rotatable bonds is 7. The summed E-state index contributed by atoms with van der Waals surface area (Å²) >= 11 is 0. The van der Waals surface area contributed by atoms with Crippen molar-refractivity contribution in [2.75, 3.05) is 39.3 Å². The Labute approximate surface area is 140 Å². The zero-order valence-corrected chi connectivity index (χ0v) is 16.0. The van der Waals surface area contributed by atoms with Crippen molar-refractivity contribution in [1.29, 1.82) is 0 Å². The highest BCUT2D eigenvalue weighted by Gasteiger charge is 2.30. The molecule has 0 amide bonds. The molecule has 1 fully saturated rings. The van der Waals surface area contributed by atoms with E-state index in [0.29, 0.717) is 6.54 Å². The normalized spacial score (nSPS) is 17.8. The molecule has 0 N–H and O–H groups in total. The van der Waals surface area contributed by atoms with E-state index >= 15 is 0 Å². The number of nitrogens with zero attached hydrogens (tertiary/aromatic N) is 2. The summed E-state index contributed by atoms with van der Waals surface area (Å²) in [5.41, 5.74) is 0.492. The van der Waals surface area contributed by atoms with Crippen LogP contribution in [0.25, 0.3) is 0 Å². The van der Waals surface area contributed by atoms with Gasteiger partial charge in [0.2, 0.25) is 0 Å². The Morgan fingerprint density at radius 2 is 1.41 bits per heavy atom. The third-order valence-corrected chi connectivity index (χ3v) is 4.07. The SMILES string of the molecule is CC.[B]CC(C)(C)CC(C)(C)CN1CCN(CC(C)=O)CC1. The third-order valence-electron chi connectivity index (χ3n) is 4.07. The first-order valence-electron chi connectivity index (χ1n) is 8.78. The van der Waals surface area contributed by atoms with Gasteiger partial charge < -0.3 is 4.90 Å². The van der Waals surface area contributed by atoms with E-state index in [1.165, 1.54) is 0 Å². The van der Waals surface area contributed by atoms with E-state index < -0.39 is 0 Å². The minimum absolute atomic E-state index is 0.208. The average Bonchev–Trinajstić information content (AvgIpc) is 2.41. The van der Waals surface area contributed by atoms with E-state index in [1.54, 1.807) is 6.92 Å². The Hall–Kier alpha value is -0.345. The average molecular weight is 308 g/mol. The first-order valence-corrected chi connectivity index (χ1v) is 8.78. The van der Waals surface area contributed by atoms with E-state index in [1.807, 2.05) is 13.8 Å². The minimum atomic E-state index is 0.208. The Morgan fingerprint density at radius 3 is 1.82 bits per heavy atom. The van der Waals surface area contributed by atoms with Gasteiger partial charge in [-0.25, -0.2) is 0 Å². The molecule has 1 rings (SSSR count). The van der Waals surface area contributed by atoms with Gasteiger partial charge in [0.25, 0.3) is 0 Å². The van der Waals surface area contributed by atoms with E-state index in [0.717, 1.165) is 45.5 Å². The Morgan fingerprint density at radius 1 is 0.955 bits per heavy atom. The lowest BCUT2D eigenvalue weighted by atomic mass is 9.69. The summed E-state index contributed by atoms with van der Waals surface area (Å²) in [6.45, 7) is 20.7. The first kappa shape index (κ1) is 21.7. The molecule has 128 valence electrons. The fourth-order valence-corrected chi connectivity index (χ4v) is 3.45. The molecule has 0 spiro atoms. The number of carbonyl (C=O) groups is 1. The van der Waals surface area contributed by atoms with Gasteiger partial charge in [-0.2, -0.15) is 0 Å². The number of piperazine rings is 1. The molecule has 0 atom stereocenters. The molecule has 2 radical (unpaired) electrons. The largest absolute Gasteiger partial charge is 0.300 e. The first-order chi connectivity index (χ1) is 10.1. The van der Waals surface area contributed by atoms with Crippen molar-refractivity contribution in [3.8, 4) is 0 Å². The van der Waals surface area contributed by atoms with Gasteiger partial charge in [0, 0.05) is 32.7 Å². The molecule has 0 saturated carbocycles. The summed E-state index contributed by atoms with van der Waals surface area (Å²) in [6, 6.07) is 0. The lowest BCUT2D eigenvalue weighted by molar-refractivity contribution is -0.118. The molecule has 1 aliphatic rings. The fourth-order valence-electron chi connectivity index (χ4n) is 3.45. The highest BCUT2D eigenvalue weighted by molar-refractivity contribution is 6.08. The summed E-state index contributed by atoms with van der Waals surface area (Å²) in [5.74, 6) is 0.267. The zero-order chi connectivity index (χ0) is 17.4. The Kier molecular flexibility index (Phi) is 9.57. The fraction of sp³-hybridized carbons (Fsp3) is 0.944. The highest BCUT2D eigenvalue weighted by atomic mass is 16.1. The summed E-state index contributed by atoms with van der Waals surface area (Å²) in [5, 5.41) is 0. The number of hydrogen-bond acceptors (Lipinski definition) is 3. The lowest BCUT2D eigenvalue weighted by Gasteiger charge is -2.41. The van der Waals surface area contributed by atoms with E-state index in [4.69, 9.17) is 7.85 Å². The monoisotopic (exact) mass is 308 g/mol. The number of ketones is 1. The lowest BCUT2D eigenvalue weighted by Crippen LogP contribution is -2.50. The molecule has 4 heteroatoms. The maximum Gasteiger partial charge on any atom is 0.143 e. The van der Waals surface area contributed by atoms with Crippen LogP contribution in [0.4, 0.5) is 0 Å². The molecule has 0 aromatic carbocycles. The van der Waals surface area contributed by atoms with Gasteiger partial charge in [-0.3, -0.25) is 9.69 Å². The van der Waals surface area contributed by atoms with Crippen LogP contribution in [0.15, 0.2) is 0 Å². The molecular weight excluding hydrogens is 271 g/mol. The standard InChI is InChI=1S/C16H31BN2O.C2H6/c1-14(20)10-18-6-8-19(9-7-18)13-16(4,5)11-15(2,3)12-17;1-2/h6-13H2,1-5H3;1-2H3. The van der Waals surface area contributed by atoms with Gasteiger partial charge in [0.15, 0.2) is 0 Å². The predicted octanol–water partition coefficient (Wildman–Crippen LogP) is 3.25. The Balaban J connectivity index is 0.00000211. The van der Waals surface area contributed by atoms with Crippen molar-refractivity contribution in [2.24, 2.45) is 10.8 Å². The van der Waals surface area contributed by atoms with Crippen LogP contribution in [0.1, 0.15) is 54.9 Å². The quantitative estimate of drug-likeness (QED) is 0.675. The summed E-state index contributed by atoms with van der Waals surface area (Å²) in [4.78, 5) is 15.9. The Bertz CT molecular complexity index is 321. The second-order valence-electron chi connectivity index (χ2n) is 7.96. The third kappa shape index (κ3) is 8.94. The van der Waals surface area contributed by atoms with Crippen LogP contribution in [-0.4, -0.2) is 62.7 Å².